The molecule has 0 aliphatic carbocycles. The normalized spacial score (nSPS) is 10.8. The van der Waals surface area contributed by atoms with E-state index in [2.05, 4.69) is 39.6 Å². The van der Waals surface area contributed by atoms with Crippen LogP contribution in [0.25, 0.3) is 22.3 Å². The third-order valence-electron chi connectivity index (χ3n) is 3.60. The zero-order valence-corrected chi connectivity index (χ0v) is 11.8. The summed E-state index contributed by atoms with van der Waals surface area (Å²) in [4.78, 5) is 4.68. The number of fused-ring (bicyclic) bond motifs is 1. The second kappa shape index (κ2) is 4.89. The molecule has 0 bridgehead atoms. The summed E-state index contributed by atoms with van der Waals surface area (Å²) < 4.78 is 0. The summed E-state index contributed by atoms with van der Waals surface area (Å²) in [5.41, 5.74) is 4.88. The molecular weight excluding hydrogens is 248 g/mol. The zero-order valence-electron chi connectivity index (χ0n) is 11.8. The van der Waals surface area contributed by atoms with Gasteiger partial charge in [-0.3, -0.25) is 0 Å². The Bertz CT molecular complexity index is 781. The van der Waals surface area contributed by atoms with Gasteiger partial charge in [-0.1, -0.05) is 24.3 Å². The van der Waals surface area contributed by atoms with Crippen molar-refractivity contribution >= 4 is 16.7 Å². The predicted octanol–water partition coefficient (Wildman–Crippen LogP) is 3.35. The van der Waals surface area contributed by atoms with Gasteiger partial charge in [0.2, 0.25) is 0 Å². The van der Waals surface area contributed by atoms with E-state index in [0.717, 1.165) is 39.2 Å². The highest BCUT2D eigenvalue weighted by atomic mass is 15.2. The fourth-order valence-corrected chi connectivity index (χ4v) is 2.28. The van der Waals surface area contributed by atoms with Crippen LogP contribution in [0.5, 0.6) is 0 Å². The lowest BCUT2D eigenvalue weighted by molar-refractivity contribution is 0.998. The van der Waals surface area contributed by atoms with Crippen LogP contribution in [-0.4, -0.2) is 22.2 Å². The van der Waals surface area contributed by atoms with E-state index < -0.39 is 0 Å². The first-order valence-corrected chi connectivity index (χ1v) is 6.58. The van der Waals surface area contributed by atoms with Gasteiger partial charge in [-0.05, 0) is 37.1 Å². The molecule has 0 saturated carbocycles. The van der Waals surface area contributed by atoms with Crippen LogP contribution >= 0.6 is 0 Å². The van der Waals surface area contributed by atoms with Gasteiger partial charge in [0.25, 0.3) is 0 Å². The van der Waals surface area contributed by atoms with E-state index in [0.29, 0.717) is 0 Å². The van der Waals surface area contributed by atoms with Crippen LogP contribution in [0.15, 0.2) is 36.4 Å². The van der Waals surface area contributed by atoms with E-state index in [1.807, 2.05) is 38.2 Å². The molecule has 0 atom stereocenters. The fourth-order valence-electron chi connectivity index (χ4n) is 2.28. The van der Waals surface area contributed by atoms with Crippen molar-refractivity contribution in [3.63, 3.8) is 0 Å². The number of hydrogen-bond donors (Lipinski definition) is 1. The van der Waals surface area contributed by atoms with Gasteiger partial charge >= 0.3 is 0 Å². The summed E-state index contributed by atoms with van der Waals surface area (Å²) in [6.45, 7) is 4.09. The van der Waals surface area contributed by atoms with Crippen molar-refractivity contribution in [2.24, 2.45) is 0 Å². The first kappa shape index (κ1) is 12.5. The number of aromatic nitrogens is 3. The summed E-state index contributed by atoms with van der Waals surface area (Å²) in [6.07, 6.45) is 0. The topological polar surface area (TPSA) is 50.7 Å². The third-order valence-corrected chi connectivity index (χ3v) is 3.60. The van der Waals surface area contributed by atoms with Crippen molar-refractivity contribution < 1.29 is 0 Å². The summed E-state index contributed by atoms with van der Waals surface area (Å²) in [7, 11) is 1.85. The molecule has 0 unspecified atom stereocenters. The lowest BCUT2D eigenvalue weighted by Gasteiger charge is -2.10. The van der Waals surface area contributed by atoms with Crippen LogP contribution in [0.4, 0.5) is 5.82 Å². The molecule has 2 heterocycles. The number of hydrogen-bond acceptors (Lipinski definition) is 4. The molecule has 0 spiro atoms. The van der Waals surface area contributed by atoms with Crippen LogP contribution in [0.1, 0.15) is 11.1 Å². The van der Waals surface area contributed by atoms with E-state index in [1.54, 1.807) is 0 Å². The van der Waals surface area contributed by atoms with Gasteiger partial charge < -0.3 is 5.32 Å². The Morgan fingerprint density at radius 3 is 2.50 bits per heavy atom. The second-order valence-corrected chi connectivity index (χ2v) is 4.79. The van der Waals surface area contributed by atoms with Gasteiger partial charge in [-0.15, -0.1) is 10.2 Å². The van der Waals surface area contributed by atoms with Crippen LogP contribution < -0.4 is 5.32 Å². The summed E-state index contributed by atoms with van der Waals surface area (Å²) >= 11 is 0. The molecule has 4 heteroatoms. The minimum Gasteiger partial charge on any atom is -0.371 e. The Kier molecular flexibility index (Phi) is 3.06. The highest BCUT2D eigenvalue weighted by Gasteiger charge is 2.12. The molecule has 2 aromatic heterocycles. The number of pyridine rings is 1. The van der Waals surface area contributed by atoms with Gasteiger partial charge in [0.05, 0.1) is 11.2 Å². The molecule has 0 radical (unpaired) electrons. The van der Waals surface area contributed by atoms with Crippen LogP contribution in [0, 0.1) is 13.8 Å². The first-order valence-electron chi connectivity index (χ1n) is 6.58. The predicted molar refractivity (Wildman–Crippen MR) is 81.8 cm³/mol. The largest absolute Gasteiger partial charge is 0.371 e. The van der Waals surface area contributed by atoms with Crippen molar-refractivity contribution in [1.82, 2.24) is 15.2 Å². The monoisotopic (exact) mass is 264 g/mol. The quantitative estimate of drug-likeness (QED) is 0.771. The summed E-state index contributed by atoms with van der Waals surface area (Å²) in [6, 6.07) is 12.1. The molecule has 1 aromatic carbocycles. The van der Waals surface area contributed by atoms with Crippen molar-refractivity contribution in [2.75, 3.05) is 12.4 Å². The van der Waals surface area contributed by atoms with E-state index in [-0.39, 0.29) is 0 Å². The third kappa shape index (κ3) is 1.99. The van der Waals surface area contributed by atoms with Crippen molar-refractivity contribution in [1.29, 1.82) is 0 Å². The van der Waals surface area contributed by atoms with Crippen molar-refractivity contribution in [3.8, 4) is 11.4 Å². The zero-order chi connectivity index (χ0) is 14.1. The number of nitrogens with zero attached hydrogens (tertiary/aromatic N) is 3. The Hall–Kier alpha value is -2.49. The van der Waals surface area contributed by atoms with Gasteiger partial charge in [-0.2, -0.15) is 0 Å². The van der Waals surface area contributed by atoms with E-state index in [9.17, 15) is 0 Å². The van der Waals surface area contributed by atoms with Gasteiger partial charge in [0, 0.05) is 12.4 Å². The Balaban J connectivity index is 2.18. The maximum Gasteiger partial charge on any atom is 0.151 e. The molecule has 3 rings (SSSR count). The van der Waals surface area contributed by atoms with Crippen LogP contribution in [-0.2, 0) is 0 Å². The lowest BCUT2D eigenvalue weighted by atomic mass is 10.1. The Morgan fingerprint density at radius 2 is 1.70 bits per heavy atom. The molecule has 0 aliphatic rings. The molecule has 0 amide bonds. The maximum absolute atomic E-state index is 4.68. The fraction of sp³-hybridized carbons (Fsp3) is 0.188. The smallest absolute Gasteiger partial charge is 0.151 e. The highest BCUT2D eigenvalue weighted by molar-refractivity contribution is 5.81. The lowest BCUT2D eigenvalue weighted by Crippen LogP contribution is -2.03. The van der Waals surface area contributed by atoms with Gasteiger partial charge in [-0.25, -0.2) is 4.98 Å². The molecule has 0 saturated heterocycles. The second-order valence-electron chi connectivity index (χ2n) is 4.79. The SMILES string of the molecule is CNc1nnc(-c2ccc3ccccc3n2)c(C)c1C. The minimum absolute atomic E-state index is 0.812. The standard InChI is InChI=1S/C16H16N4/c1-10-11(2)16(17-3)20-19-15(10)14-9-8-12-6-4-5-7-13(12)18-14/h4-9H,1-3H3,(H,17,20). The van der Waals surface area contributed by atoms with Gasteiger partial charge in [0.15, 0.2) is 5.82 Å². The number of anilines is 1. The number of para-hydroxylation sites is 1. The van der Waals surface area contributed by atoms with E-state index in [1.165, 1.54) is 0 Å². The molecule has 0 aliphatic heterocycles. The molecule has 3 aromatic rings. The Morgan fingerprint density at radius 1 is 0.900 bits per heavy atom. The van der Waals surface area contributed by atoms with Gasteiger partial charge in [0.1, 0.15) is 5.69 Å². The molecule has 4 nitrogen and oxygen atoms in total. The number of rotatable bonds is 2. The average Bonchev–Trinajstić information content (AvgIpc) is 2.49. The number of benzene rings is 1. The van der Waals surface area contributed by atoms with E-state index in [4.69, 9.17) is 0 Å². The first-order chi connectivity index (χ1) is 9.70. The average molecular weight is 264 g/mol. The van der Waals surface area contributed by atoms with Crippen molar-refractivity contribution in [3.05, 3.63) is 47.5 Å². The van der Waals surface area contributed by atoms with Crippen molar-refractivity contribution in [2.45, 2.75) is 13.8 Å². The molecule has 20 heavy (non-hydrogen) atoms. The molecule has 0 fully saturated rings. The van der Waals surface area contributed by atoms with E-state index >= 15 is 0 Å². The highest BCUT2D eigenvalue weighted by Crippen LogP contribution is 2.25. The molecule has 1 N–H and O–H groups in total. The minimum atomic E-state index is 0.812. The maximum atomic E-state index is 4.68. The van der Waals surface area contributed by atoms with Crippen LogP contribution in [0.3, 0.4) is 0 Å². The van der Waals surface area contributed by atoms with Crippen LogP contribution in [0.2, 0.25) is 0 Å². The summed E-state index contributed by atoms with van der Waals surface area (Å²) in [5.74, 6) is 0.812. The molecular formula is C16H16N4. The summed E-state index contributed by atoms with van der Waals surface area (Å²) in [5, 5.41) is 12.7. The molecule has 100 valence electrons. The number of nitrogens with one attached hydrogen (secondary N) is 1. The Labute approximate surface area is 117 Å².